The van der Waals surface area contributed by atoms with Gasteiger partial charge < -0.3 is 20.5 Å². The molecule has 1 unspecified atom stereocenters. The molecule has 2 amide bonds. The summed E-state index contributed by atoms with van der Waals surface area (Å²) in [7, 11) is 0. The first-order chi connectivity index (χ1) is 14.7. The minimum atomic E-state index is -4.72. The van der Waals surface area contributed by atoms with E-state index < -0.39 is 18.5 Å². The van der Waals surface area contributed by atoms with Gasteiger partial charge in [-0.1, -0.05) is 56.2 Å². The zero-order valence-electron chi connectivity index (χ0n) is 17.0. The van der Waals surface area contributed by atoms with Crippen molar-refractivity contribution in [3.8, 4) is 16.9 Å². The Hall–Kier alpha value is -3.23. The lowest BCUT2D eigenvalue weighted by atomic mass is 10.0. The summed E-state index contributed by atoms with van der Waals surface area (Å²) in [5.41, 5.74) is 2.53. The summed E-state index contributed by atoms with van der Waals surface area (Å²) in [6, 6.07) is 12.2. The van der Waals surface area contributed by atoms with Crippen LogP contribution in [0.25, 0.3) is 11.1 Å². The van der Waals surface area contributed by atoms with Crippen molar-refractivity contribution in [1.29, 1.82) is 0 Å². The van der Waals surface area contributed by atoms with Crippen molar-refractivity contribution in [3.63, 3.8) is 0 Å². The summed E-state index contributed by atoms with van der Waals surface area (Å²) in [6.07, 6.45) is -3.37. The van der Waals surface area contributed by atoms with E-state index in [1.165, 1.54) is 12.1 Å². The third-order valence-corrected chi connectivity index (χ3v) is 4.55. The Balaban J connectivity index is 1.88. The van der Waals surface area contributed by atoms with E-state index in [2.05, 4.69) is 15.4 Å². The fraction of sp³-hybridized carbons (Fsp3) is 0.364. The predicted octanol–water partition coefficient (Wildman–Crippen LogP) is 4.74. The molecule has 31 heavy (non-hydrogen) atoms. The molecule has 0 aromatic heterocycles. The van der Waals surface area contributed by atoms with Crippen LogP contribution in [-0.2, 0) is 11.2 Å². The van der Waals surface area contributed by atoms with Crippen molar-refractivity contribution in [2.24, 2.45) is 0 Å². The summed E-state index contributed by atoms with van der Waals surface area (Å²) in [5, 5.41) is 13.9. The van der Waals surface area contributed by atoms with Crippen LogP contribution >= 0.6 is 0 Å². The largest absolute Gasteiger partial charge is 0.573 e. The van der Waals surface area contributed by atoms with Gasteiger partial charge in [0.15, 0.2) is 0 Å². The molecule has 0 saturated carbocycles. The van der Waals surface area contributed by atoms with E-state index in [4.69, 9.17) is 5.11 Å². The minimum absolute atomic E-state index is 0.279. The second-order valence-corrected chi connectivity index (χ2v) is 6.95. The average Bonchev–Trinajstić information content (AvgIpc) is 2.71. The number of hydrogen-bond donors (Lipinski definition) is 3. The molecule has 1 atom stereocenters. The van der Waals surface area contributed by atoms with Crippen LogP contribution < -0.4 is 15.4 Å². The molecule has 2 rings (SSSR count). The highest BCUT2D eigenvalue weighted by Crippen LogP contribution is 2.26. The first-order valence-corrected chi connectivity index (χ1v) is 9.90. The monoisotopic (exact) mass is 438 g/mol. The molecule has 0 fully saturated rings. The SMILES string of the molecule is CCCCC(NC(=O)O)C(=O)NCCc1ccc(-c2ccc(OC(F)(F)F)cc2)cc1. The quantitative estimate of drug-likeness (QED) is 0.500. The average molecular weight is 438 g/mol. The second kappa shape index (κ2) is 11.2. The van der Waals surface area contributed by atoms with Gasteiger partial charge in [0, 0.05) is 6.54 Å². The molecule has 3 N–H and O–H groups in total. The third kappa shape index (κ3) is 8.57. The number of unbranched alkanes of at least 4 members (excludes halogenated alkanes) is 1. The summed E-state index contributed by atoms with van der Waals surface area (Å²) in [5.74, 6) is -0.633. The van der Waals surface area contributed by atoms with Crippen molar-refractivity contribution in [2.45, 2.75) is 45.0 Å². The Morgan fingerprint density at radius 2 is 1.61 bits per heavy atom. The van der Waals surface area contributed by atoms with Gasteiger partial charge in [0.25, 0.3) is 0 Å². The van der Waals surface area contributed by atoms with Gasteiger partial charge in [-0.2, -0.15) is 0 Å². The lowest BCUT2D eigenvalue weighted by molar-refractivity contribution is -0.274. The third-order valence-electron chi connectivity index (χ3n) is 4.55. The molecule has 0 bridgehead atoms. The number of carbonyl (C=O) groups excluding carboxylic acids is 1. The van der Waals surface area contributed by atoms with E-state index in [-0.39, 0.29) is 11.7 Å². The van der Waals surface area contributed by atoms with Gasteiger partial charge in [0.1, 0.15) is 11.8 Å². The highest BCUT2D eigenvalue weighted by Gasteiger charge is 2.30. The lowest BCUT2D eigenvalue weighted by Gasteiger charge is -2.16. The van der Waals surface area contributed by atoms with Crippen LogP contribution in [0.5, 0.6) is 5.75 Å². The maximum Gasteiger partial charge on any atom is 0.573 e. The maximum absolute atomic E-state index is 12.2. The molecule has 0 aliphatic heterocycles. The highest BCUT2D eigenvalue weighted by molar-refractivity contribution is 5.85. The number of carboxylic acid groups (broad SMARTS) is 1. The number of carbonyl (C=O) groups is 2. The molecule has 0 aliphatic rings. The Morgan fingerprint density at radius 1 is 1.03 bits per heavy atom. The molecule has 0 saturated heterocycles. The van der Waals surface area contributed by atoms with Gasteiger partial charge in [-0.25, -0.2) is 4.79 Å². The fourth-order valence-corrected chi connectivity index (χ4v) is 2.99. The Bertz CT molecular complexity index is 853. The molecule has 2 aromatic rings. The molecule has 0 aliphatic carbocycles. The second-order valence-electron chi connectivity index (χ2n) is 6.95. The number of amides is 2. The van der Waals surface area contributed by atoms with Crippen LogP contribution in [0.15, 0.2) is 48.5 Å². The van der Waals surface area contributed by atoms with Crippen LogP contribution in [0.3, 0.4) is 0 Å². The van der Waals surface area contributed by atoms with Crippen molar-refractivity contribution in [3.05, 3.63) is 54.1 Å². The number of nitrogens with one attached hydrogen (secondary N) is 2. The summed E-state index contributed by atoms with van der Waals surface area (Å²) in [6.45, 7) is 2.32. The van der Waals surface area contributed by atoms with E-state index in [0.717, 1.165) is 29.5 Å². The van der Waals surface area contributed by atoms with Crippen LogP contribution in [0.2, 0.25) is 0 Å². The van der Waals surface area contributed by atoms with Gasteiger partial charge >= 0.3 is 12.5 Å². The molecule has 0 heterocycles. The van der Waals surface area contributed by atoms with E-state index >= 15 is 0 Å². The fourth-order valence-electron chi connectivity index (χ4n) is 2.99. The molecule has 9 heteroatoms. The Morgan fingerprint density at radius 3 is 2.13 bits per heavy atom. The van der Waals surface area contributed by atoms with Gasteiger partial charge in [-0.3, -0.25) is 4.79 Å². The zero-order valence-corrected chi connectivity index (χ0v) is 17.0. The molecule has 168 valence electrons. The molecule has 2 aromatic carbocycles. The molecule has 0 spiro atoms. The summed E-state index contributed by atoms with van der Waals surface area (Å²) in [4.78, 5) is 23.1. The minimum Gasteiger partial charge on any atom is -0.465 e. The predicted molar refractivity (Wildman–Crippen MR) is 110 cm³/mol. The number of hydrogen-bond acceptors (Lipinski definition) is 3. The topological polar surface area (TPSA) is 87.7 Å². The summed E-state index contributed by atoms with van der Waals surface area (Å²) >= 11 is 0. The van der Waals surface area contributed by atoms with E-state index in [0.29, 0.717) is 19.4 Å². The van der Waals surface area contributed by atoms with E-state index in [1.807, 2.05) is 31.2 Å². The Kier molecular flexibility index (Phi) is 8.72. The molecular formula is C22H25F3N2O4. The highest BCUT2D eigenvalue weighted by atomic mass is 19.4. The molecule has 6 nitrogen and oxygen atoms in total. The number of ether oxygens (including phenoxy) is 1. The number of benzene rings is 2. The zero-order chi connectivity index (χ0) is 22.9. The van der Waals surface area contributed by atoms with Crippen LogP contribution in [0.1, 0.15) is 31.7 Å². The maximum atomic E-state index is 12.2. The Labute approximate surface area is 178 Å². The standard InChI is InChI=1S/C22H25F3N2O4/c1-2-3-4-19(27-21(29)30)20(28)26-14-13-15-5-7-16(8-6-15)17-9-11-18(12-10-17)31-22(23,24)25/h5-12,19,27H,2-4,13-14H2,1H3,(H,26,28)(H,29,30). The number of rotatable bonds is 10. The van der Waals surface area contributed by atoms with Gasteiger partial charge in [-0.05, 0) is 41.7 Å². The van der Waals surface area contributed by atoms with E-state index in [9.17, 15) is 22.8 Å². The summed E-state index contributed by atoms with van der Waals surface area (Å²) < 4.78 is 40.6. The first-order valence-electron chi connectivity index (χ1n) is 9.90. The molecular weight excluding hydrogens is 413 g/mol. The normalized spacial score (nSPS) is 12.1. The van der Waals surface area contributed by atoms with Crippen molar-refractivity contribution in [2.75, 3.05) is 6.54 Å². The van der Waals surface area contributed by atoms with Crippen molar-refractivity contribution >= 4 is 12.0 Å². The smallest absolute Gasteiger partial charge is 0.465 e. The van der Waals surface area contributed by atoms with Crippen molar-refractivity contribution < 1.29 is 32.6 Å². The lowest BCUT2D eigenvalue weighted by Crippen LogP contribution is -2.46. The van der Waals surface area contributed by atoms with Crippen LogP contribution in [0.4, 0.5) is 18.0 Å². The van der Waals surface area contributed by atoms with Gasteiger partial charge in [0.2, 0.25) is 5.91 Å². The first kappa shape index (κ1) is 24.0. The van der Waals surface area contributed by atoms with Gasteiger partial charge in [0.05, 0.1) is 0 Å². The number of alkyl halides is 3. The van der Waals surface area contributed by atoms with Crippen LogP contribution in [0, 0.1) is 0 Å². The number of halogens is 3. The van der Waals surface area contributed by atoms with Crippen LogP contribution in [-0.4, -0.2) is 36.1 Å². The van der Waals surface area contributed by atoms with Gasteiger partial charge in [-0.15, -0.1) is 13.2 Å². The molecule has 0 radical (unpaired) electrons. The van der Waals surface area contributed by atoms with E-state index in [1.54, 1.807) is 12.1 Å². The van der Waals surface area contributed by atoms with Crippen molar-refractivity contribution in [1.82, 2.24) is 10.6 Å².